The van der Waals surface area contributed by atoms with Gasteiger partial charge in [0, 0.05) is 11.1 Å². The first-order valence-corrected chi connectivity index (χ1v) is 7.78. The molecular formula is C16H16ClNO4. The van der Waals surface area contributed by atoms with Gasteiger partial charge in [0.1, 0.15) is 5.75 Å². The predicted molar refractivity (Wildman–Crippen MR) is 80.1 cm³/mol. The van der Waals surface area contributed by atoms with Crippen molar-refractivity contribution in [3.05, 3.63) is 22.7 Å². The lowest BCUT2D eigenvalue weighted by molar-refractivity contribution is -0.124. The summed E-state index contributed by atoms with van der Waals surface area (Å²) in [4.78, 5) is 26.8. The van der Waals surface area contributed by atoms with Gasteiger partial charge in [0.15, 0.2) is 0 Å². The molecule has 0 aliphatic carbocycles. The number of aryl methyl sites for hydroxylation is 1. The Morgan fingerprint density at radius 1 is 1.18 bits per heavy atom. The molecule has 0 saturated carbocycles. The molecule has 0 spiro atoms. The Morgan fingerprint density at radius 3 is 2.32 bits per heavy atom. The first-order chi connectivity index (χ1) is 10.5. The summed E-state index contributed by atoms with van der Waals surface area (Å²) in [7, 11) is 1.50. The molecule has 4 atom stereocenters. The fourth-order valence-electron chi connectivity index (χ4n) is 3.94. The number of hydrogen-bond acceptors (Lipinski definition) is 4. The van der Waals surface area contributed by atoms with Crippen molar-refractivity contribution < 1.29 is 19.1 Å². The zero-order valence-corrected chi connectivity index (χ0v) is 13.1. The Morgan fingerprint density at radius 2 is 1.77 bits per heavy atom. The van der Waals surface area contributed by atoms with Crippen LogP contribution in [0.5, 0.6) is 5.75 Å². The zero-order valence-electron chi connectivity index (χ0n) is 12.3. The van der Waals surface area contributed by atoms with Crippen molar-refractivity contribution in [3.8, 4) is 5.75 Å². The van der Waals surface area contributed by atoms with Crippen LogP contribution >= 0.6 is 11.6 Å². The average molecular weight is 322 g/mol. The van der Waals surface area contributed by atoms with E-state index < -0.39 is 0 Å². The summed E-state index contributed by atoms with van der Waals surface area (Å²) in [5, 5.41) is 0.545. The lowest BCUT2D eigenvalue weighted by Gasteiger charge is -2.21. The van der Waals surface area contributed by atoms with E-state index in [2.05, 4.69) is 0 Å². The van der Waals surface area contributed by atoms with E-state index in [0.717, 1.165) is 18.4 Å². The quantitative estimate of drug-likeness (QED) is 0.784. The van der Waals surface area contributed by atoms with E-state index >= 15 is 0 Å². The van der Waals surface area contributed by atoms with E-state index in [9.17, 15) is 9.59 Å². The molecule has 3 aliphatic rings. The fraction of sp³-hybridized carbons (Fsp3) is 0.500. The van der Waals surface area contributed by atoms with E-state index in [4.69, 9.17) is 21.1 Å². The van der Waals surface area contributed by atoms with Crippen LogP contribution in [0.3, 0.4) is 0 Å². The number of amides is 2. The minimum Gasteiger partial charge on any atom is -0.495 e. The molecule has 22 heavy (non-hydrogen) atoms. The molecule has 116 valence electrons. The Balaban J connectivity index is 1.79. The molecule has 4 unspecified atom stereocenters. The molecule has 3 aliphatic heterocycles. The van der Waals surface area contributed by atoms with E-state index in [1.807, 2.05) is 6.92 Å². The summed E-state index contributed by atoms with van der Waals surface area (Å²) < 4.78 is 11.1. The van der Waals surface area contributed by atoms with Crippen LogP contribution in [0.15, 0.2) is 12.1 Å². The van der Waals surface area contributed by atoms with Crippen LogP contribution in [0.1, 0.15) is 18.4 Å². The van der Waals surface area contributed by atoms with Crippen molar-refractivity contribution >= 4 is 29.1 Å². The van der Waals surface area contributed by atoms with Crippen LogP contribution in [0.4, 0.5) is 5.69 Å². The Kier molecular flexibility index (Phi) is 3.00. The fourth-order valence-corrected chi connectivity index (χ4v) is 4.09. The van der Waals surface area contributed by atoms with Crippen LogP contribution in [0.25, 0.3) is 0 Å². The molecule has 5 nitrogen and oxygen atoms in total. The molecule has 3 fully saturated rings. The second-order valence-corrected chi connectivity index (χ2v) is 6.53. The number of rotatable bonds is 2. The van der Waals surface area contributed by atoms with Gasteiger partial charge < -0.3 is 9.47 Å². The highest BCUT2D eigenvalue weighted by Crippen LogP contribution is 2.50. The summed E-state index contributed by atoms with van der Waals surface area (Å²) in [5.41, 5.74) is 1.28. The highest BCUT2D eigenvalue weighted by atomic mass is 35.5. The molecule has 0 N–H and O–H groups in total. The minimum absolute atomic E-state index is 0.115. The number of ether oxygens (including phenoxy) is 2. The number of fused-ring (bicyclic) bond motifs is 5. The van der Waals surface area contributed by atoms with Crippen LogP contribution in [-0.2, 0) is 14.3 Å². The van der Waals surface area contributed by atoms with Gasteiger partial charge in [0.05, 0.1) is 36.8 Å². The lowest BCUT2D eigenvalue weighted by atomic mass is 9.81. The van der Waals surface area contributed by atoms with Gasteiger partial charge in [-0.2, -0.15) is 0 Å². The van der Waals surface area contributed by atoms with Crippen LogP contribution < -0.4 is 9.64 Å². The standard InChI is InChI=1S/C16H16ClNO4/c1-7-5-9(12(21-2)6-8(7)17)18-15(19)13-10-3-4-11(22-10)14(13)16(18)20/h5-6,10-11,13-14H,3-4H2,1-2H3. The molecule has 4 rings (SSSR count). The minimum atomic E-state index is -0.341. The largest absolute Gasteiger partial charge is 0.495 e. The summed E-state index contributed by atoms with van der Waals surface area (Å²) in [6, 6.07) is 3.38. The molecular weight excluding hydrogens is 306 g/mol. The molecule has 2 amide bonds. The number of nitrogens with zero attached hydrogens (tertiary/aromatic N) is 1. The summed E-state index contributed by atoms with van der Waals surface area (Å²) in [6.07, 6.45) is 1.48. The van der Waals surface area contributed by atoms with Crippen molar-refractivity contribution in [1.82, 2.24) is 0 Å². The lowest BCUT2D eigenvalue weighted by Crippen LogP contribution is -2.34. The number of imide groups is 1. The molecule has 3 saturated heterocycles. The van der Waals surface area contributed by atoms with Crippen molar-refractivity contribution in [2.75, 3.05) is 12.0 Å². The normalized spacial score (nSPS) is 32.8. The average Bonchev–Trinajstić information content (AvgIpc) is 3.16. The maximum Gasteiger partial charge on any atom is 0.240 e. The van der Waals surface area contributed by atoms with Gasteiger partial charge in [-0.1, -0.05) is 11.6 Å². The number of hydrogen-bond donors (Lipinski definition) is 0. The van der Waals surface area contributed by atoms with Crippen molar-refractivity contribution in [1.29, 1.82) is 0 Å². The van der Waals surface area contributed by atoms with Crippen molar-refractivity contribution in [3.63, 3.8) is 0 Å². The number of benzene rings is 1. The van der Waals surface area contributed by atoms with E-state index in [1.54, 1.807) is 12.1 Å². The smallest absolute Gasteiger partial charge is 0.240 e. The Bertz CT molecular complexity index is 661. The van der Waals surface area contributed by atoms with Gasteiger partial charge in [-0.05, 0) is 31.4 Å². The number of halogens is 1. The third kappa shape index (κ3) is 1.69. The molecule has 6 heteroatoms. The molecule has 0 aromatic heterocycles. The topological polar surface area (TPSA) is 55.8 Å². The highest BCUT2D eigenvalue weighted by molar-refractivity contribution is 6.32. The SMILES string of the molecule is COc1cc(Cl)c(C)cc1N1C(=O)C2C3CCC(O3)C2C1=O. The molecule has 1 aromatic rings. The molecule has 2 bridgehead atoms. The summed E-state index contributed by atoms with van der Waals surface area (Å²) in [5.74, 6) is -0.603. The summed E-state index contributed by atoms with van der Waals surface area (Å²) in [6.45, 7) is 1.84. The molecule has 1 aromatic carbocycles. The van der Waals surface area contributed by atoms with Gasteiger partial charge >= 0.3 is 0 Å². The second-order valence-electron chi connectivity index (χ2n) is 6.13. The monoisotopic (exact) mass is 321 g/mol. The predicted octanol–water partition coefficient (Wildman–Crippen LogP) is 2.32. The summed E-state index contributed by atoms with van der Waals surface area (Å²) >= 11 is 6.11. The molecule has 3 heterocycles. The zero-order chi connectivity index (χ0) is 15.6. The van der Waals surface area contributed by atoms with Gasteiger partial charge in [-0.15, -0.1) is 0 Å². The van der Waals surface area contributed by atoms with E-state index in [1.165, 1.54) is 12.0 Å². The second kappa shape index (κ2) is 4.70. The van der Waals surface area contributed by atoms with E-state index in [0.29, 0.717) is 16.5 Å². The van der Waals surface area contributed by atoms with Crippen LogP contribution in [0.2, 0.25) is 5.02 Å². The number of carbonyl (C=O) groups is 2. The maximum atomic E-state index is 12.8. The van der Waals surface area contributed by atoms with Gasteiger partial charge in [-0.25, -0.2) is 4.90 Å². The highest BCUT2D eigenvalue weighted by Gasteiger charge is 2.62. The van der Waals surface area contributed by atoms with Crippen molar-refractivity contribution in [2.24, 2.45) is 11.8 Å². The molecule has 0 radical (unpaired) electrons. The first-order valence-electron chi connectivity index (χ1n) is 7.40. The van der Waals surface area contributed by atoms with Crippen LogP contribution in [-0.4, -0.2) is 31.1 Å². The first kappa shape index (κ1) is 14.0. The van der Waals surface area contributed by atoms with Gasteiger partial charge in [0.2, 0.25) is 11.8 Å². The Labute approximate surface area is 133 Å². The Hall–Kier alpha value is -1.59. The van der Waals surface area contributed by atoms with E-state index in [-0.39, 0.29) is 35.9 Å². The van der Waals surface area contributed by atoms with Gasteiger partial charge in [0.25, 0.3) is 0 Å². The number of methoxy groups -OCH3 is 1. The number of carbonyl (C=O) groups excluding carboxylic acids is 2. The third-order valence-electron chi connectivity index (χ3n) is 4.99. The van der Waals surface area contributed by atoms with Crippen molar-refractivity contribution in [2.45, 2.75) is 32.0 Å². The maximum absolute atomic E-state index is 12.8. The third-order valence-corrected chi connectivity index (χ3v) is 5.39. The number of anilines is 1. The van der Waals surface area contributed by atoms with Gasteiger partial charge in [-0.3, -0.25) is 9.59 Å². The van der Waals surface area contributed by atoms with Crippen LogP contribution in [0, 0.1) is 18.8 Å².